The first-order valence-corrected chi connectivity index (χ1v) is 6.16. The second-order valence-electron chi connectivity index (χ2n) is 5.85. The van der Waals surface area contributed by atoms with Crippen LogP contribution < -0.4 is 5.32 Å². The summed E-state index contributed by atoms with van der Waals surface area (Å²) in [6, 6.07) is 0. The fourth-order valence-corrected chi connectivity index (χ4v) is 1.69. The Hall–Kier alpha value is -0.570. The second-order valence-corrected chi connectivity index (χ2v) is 5.85. The lowest BCUT2D eigenvalue weighted by atomic mass is 9.93. The highest BCUT2D eigenvalue weighted by molar-refractivity contribution is 5.78. The predicted molar refractivity (Wildman–Crippen MR) is 67.1 cm³/mol. The molecular weight excluding hydrogens is 202 g/mol. The monoisotopic (exact) mass is 229 g/mol. The van der Waals surface area contributed by atoms with Crippen molar-refractivity contribution in [1.82, 2.24) is 5.32 Å². The Morgan fingerprint density at radius 3 is 2.12 bits per heavy atom. The largest absolute Gasteiger partial charge is 0.388 e. The molecule has 0 aromatic carbocycles. The molecule has 0 heterocycles. The van der Waals surface area contributed by atoms with Crippen LogP contribution in [0.25, 0.3) is 0 Å². The van der Waals surface area contributed by atoms with E-state index in [1.54, 1.807) is 6.92 Å². The molecule has 0 saturated heterocycles. The average molecular weight is 229 g/mol. The number of carbonyl (C=O) groups excluding carboxylic acids is 1. The normalized spacial score (nSPS) is 17.3. The van der Waals surface area contributed by atoms with Gasteiger partial charge in [-0.3, -0.25) is 4.79 Å². The van der Waals surface area contributed by atoms with Gasteiger partial charge in [0.1, 0.15) is 0 Å². The van der Waals surface area contributed by atoms with Crippen LogP contribution in [0.5, 0.6) is 0 Å². The van der Waals surface area contributed by atoms with E-state index in [9.17, 15) is 9.90 Å². The van der Waals surface area contributed by atoms with Gasteiger partial charge in [0, 0.05) is 12.5 Å². The molecule has 2 atom stereocenters. The molecule has 0 bridgehead atoms. The van der Waals surface area contributed by atoms with E-state index < -0.39 is 5.60 Å². The topological polar surface area (TPSA) is 49.3 Å². The molecule has 3 heteroatoms. The average Bonchev–Trinajstić information content (AvgIpc) is 2.10. The zero-order valence-electron chi connectivity index (χ0n) is 11.5. The van der Waals surface area contributed by atoms with Crippen LogP contribution in [-0.4, -0.2) is 23.2 Å². The molecule has 3 nitrogen and oxygen atoms in total. The van der Waals surface area contributed by atoms with Gasteiger partial charge < -0.3 is 10.4 Å². The van der Waals surface area contributed by atoms with Crippen LogP contribution >= 0.6 is 0 Å². The fraction of sp³-hybridized carbons (Fsp3) is 0.923. The molecule has 0 spiro atoms. The number of nitrogens with one attached hydrogen (secondary N) is 1. The lowest BCUT2D eigenvalue weighted by Gasteiger charge is -2.26. The third kappa shape index (κ3) is 6.11. The van der Waals surface area contributed by atoms with Gasteiger partial charge in [0.2, 0.25) is 5.91 Å². The van der Waals surface area contributed by atoms with Crippen LogP contribution in [-0.2, 0) is 4.79 Å². The quantitative estimate of drug-likeness (QED) is 0.733. The van der Waals surface area contributed by atoms with Gasteiger partial charge >= 0.3 is 0 Å². The Balaban J connectivity index is 4.09. The van der Waals surface area contributed by atoms with Gasteiger partial charge in [0.15, 0.2) is 0 Å². The smallest absolute Gasteiger partial charge is 0.223 e. The molecule has 0 rings (SSSR count). The summed E-state index contributed by atoms with van der Waals surface area (Å²) in [5.41, 5.74) is -0.805. The van der Waals surface area contributed by atoms with Crippen LogP contribution in [0.3, 0.4) is 0 Å². The third-order valence-electron chi connectivity index (χ3n) is 2.91. The Kier molecular flexibility index (Phi) is 6.01. The van der Waals surface area contributed by atoms with Crippen molar-refractivity contribution in [1.29, 1.82) is 0 Å². The maximum Gasteiger partial charge on any atom is 0.223 e. The highest BCUT2D eigenvalue weighted by atomic mass is 16.3. The van der Waals surface area contributed by atoms with Crippen LogP contribution in [0.1, 0.15) is 48.0 Å². The first kappa shape index (κ1) is 15.4. The van der Waals surface area contributed by atoms with E-state index in [0.717, 1.165) is 0 Å². The Labute approximate surface area is 99.6 Å². The first-order chi connectivity index (χ1) is 7.15. The molecular formula is C13H27NO2. The summed E-state index contributed by atoms with van der Waals surface area (Å²) in [6.45, 7) is 12.2. The van der Waals surface area contributed by atoms with Gasteiger partial charge in [-0.2, -0.15) is 0 Å². The lowest BCUT2D eigenvalue weighted by molar-refractivity contribution is -0.127. The zero-order valence-corrected chi connectivity index (χ0v) is 11.5. The van der Waals surface area contributed by atoms with Crippen molar-refractivity contribution in [2.45, 2.75) is 53.6 Å². The molecule has 0 radical (unpaired) electrons. The molecule has 0 aliphatic rings. The highest BCUT2D eigenvalue weighted by Crippen LogP contribution is 2.16. The lowest BCUT2D eigenvalue weighted by Crippen LogP contribution is -2.43. The van der Waals surface area contributed by atoms with Crippen molar-refractivity contribution in [3.63, 3.8) is 0 Å². The van der Waals surface area contributed by atoms with Gasteiger partial charge in [0.05, 0.1) is 5.60 Å². The number of hydrogen-bond acceptors (Lipinski definition) is 2. The van der Waals surface area contributed by atoms with Crippen LogP contribution in [0.2, 0.25) is 0 Å². The van der Waals surface area contributed by atoms with Gasteiger partial charge in [0.25, 0.3) is 0 Å². The molecule has 0 aliphatic carbocycles. The van der Waals surface area contributed by atoms with E-state index in [4.69, 9.17) is 0 Å². The van der Waals surface area contributed by atoms with Crippen molar-refractivity contribution in [2.24, 2.45) is 17.8 Å². The van der Waals surface area contributed by atoms with Crippen LogP contribution in [0.4, 0.5) is 0 Å². The minimum atomic E-state index is -0.805. The Bertz CT molecular complexity index is 222. The van der Waals surface area contributed by atoms with Gasteiger partial charge in [-0.1, -0.05) is 34.6 Å². The van der Waals surface area contributed by atoms with Crippen molar-refractivity contribution in [3.05, 3.63) is 0 Å². The molecule has 0 fully saturated rings. The molecule has 0 aromatic heterocycles. The zero-order chi connectivity index (χ0) is 12.9. The Morgan fingerprint density at radius 2 is 1.75 bits per heavy atom. The maximum atomic E-state index is 11.7. The predicted octanol–water partition coefficient (Wildman–Crippen LogP) is 2.19. The second kappa shape index (κ2) is 6.24. The number of aliphatic hydroxyl groups is 1. The maximum absolute atomic E-state index is 11.7. The van der Waals surface area contributed by atoms with Crippen molar-refractivity contribution >= 4 is 5.91 Å². The summed E-state index contributed by atoms with van der Waals surface area (Å²) in [7, 11) is 0. The SMILES string of the molecule is CC(C)CC(C)(O)CNC(=O)C(C)C(C)C. The number of amides is 1. The van der Waals surface area contributed by atoms with E-state index in [2.05, 4.69) is 19.2 Å². The molecule has 1 amide bonds. The highest BCUT2D eigenvalue weighted by Gasteiger charge is 2.24. The van der Waals surface area contributed by atoms with Crippen molar-refractivity contribution < 1.29 is 9.90 Å². The summed E-state index contributed by atoms with van der Waals surface area (Å²) in [6.07, 6.45) is 0.698. The molecule has 0 aliphatic heterocycles. The summed E-state index contributed by atoms with van der Waals surface area (Å²) in [4.78, 5) is 11.7. The molecule has 0 aromatic rings. The minimum Gasteiger partial charge on any atom is -0.388 e. The van der Waals surface area contributed by atoms with E-state index in [0.29, 0.717) is 24.8 Å². The molecule has 0 saturated carbocycles. The summed E-state index contributed by atoms with van der Waals surface area (Å²) < 4.78 is 0. The van der Waals surface area contributed by atoms with Crippen molar-refractivity contribution in [2.75, 3.05) is 6.54 Å². The van der Waals surface area contributed by atoms with Gasteiger partial charge in [-0.15, -0.1) is 0 Å². The van der Waals surface area contributed by atoms with E-state index in [-0.39, 0.29) is 11.8 Å². The van der Waals surface area contributed by atoms with E-state index >= 15 is 0 Å². The molecule has 2 N–H and O–H groups in total. The minimum absolute atomic E-state index is 0.00477. The summed E-state index contributed by atoms with van der Waals surface area (Å²) in [5, 5.41) is 12.9. The standard InChI is InChI=1S/C13H27NO2/c1-9(2)7-13(6,16)8-14-12(15)11(5)10(3)4/h9-11,16H,7-8H2,1-6H3,(H,14,15). The summed E-state index contributed by atoms with van der Waals surface area (Å²) in [5.74, 6) is 0.776. The third-order valence-corrected chi connectivity index (χ3v) is 2.91. The van der Waals surface area contributed by atoms with E-state index in [1.807, 2.05) is 20.8 Å². The van der Waals surface area contributed by atoms with Crippen molar-refractivity contribution in [3.8, 4) is 0 Å². The number of rotatable bonds is 6. The van der Waals surface area contributed by atoms with Crippen LogP contribution in [0.15, 0.2) is 0 Å². The number of hydrogen-bond donors (Lipinski definition) is 2. The fourth-order valence-electron chi connectivity index (χ4n) is 1.69. The molecule has 2 unspecified atom stereocenters. The molecule has 16 heavy (non-hydrogen) atoms. The van der Waals surface area contributed by atoms with E-state index in [1.165, 1.54) is 0 Å². The summed E-state index contributed by atoms with van der Waals surface area (Å²) >= 11 is 0. The number of carbonyl (C=O) groups is 1. The molecule has 96 valence electrons. The van der Waals surface area contributed by atoms with Gasteiger partial charge in [-0.25, -0.2) is 0 Å². The van der Waals surface area contributed by atoms with Gasteiger partial charge in [-0.05, 0) is 25.2 Å². The first-order valence-electron chi connectivity index (χ1n) is 6.16. The van der Waals surface area contributed by atoms with Crippen LogP contribution in [0, 0.1) is 17.8 Å². The Morgan fingerprint density at radius 1 is 1.25 bits per heavy atom.